The van der Waals surface area contributed by atoms with E-state index in [2.05, 4.69) is 5.32 Å². The average Bonchev–Trinajstić information content (AvgIpc) is 3.31. The highest BCUT2D eigenvalue weighted by Gasteiger charge is 2.31. The summed E-state index contributed by atoms with van der Waals surface area (Å²) in [4.78, 5) is 12.9. The molecule has 1 unspecified atom stereocenters. The molecule has 3 rings (SSSR count). The molecular weight excluding hydrogens is 388 g/mol. The fraction of sp³-hybridized carbons (Fsp3) is 0.409. The first-order valence-electron chi connectivity index (χ1n) is 9.92. The number of hydrogen-bond donors (Lipinski definition) is 1. The lowest BCUT2D eigenvalue weighted by Gasteiger charge is -2.32. The number of carbonyl (C=O) groups excluding carboxylic acids is 1. The quantitative estimate of drug-likeness (QED) is 0.717. The number of methoxy groups -OCH3 is 1. The van der Waals surface area contributed by atoms with E-state index in [9.17, 15) is 13.2 Å². The predicted octanol–water partition coefficient (Wildman–Crippen LogP) is 3.15. The summed E-state index contributed by atoms with van der Waals surface area (Å²) in [5.41, 5.74) is 0.799. The van der Waals surface area contributed by atoms with Crippen LogP contribution in [0.4, 0.5) is 0 Å². The van der Waals surface area contributed by atoms with Gasteiger partial charge in [-0.1, -0.05) is 37.3 Å². The Morgan fingerprint density at radius 3 is 2.24 bits per heavy atom. The highest BCUT2D eigenvalue weighted by Crippen LogP contribution is 2.28. The van der Waals surface area contributed by atoms with Gasteiger partial charge in [0.25, 0.3) is 5.91 Å². The third kappa shape index (κ3) is 4.52. The van der Waals surface area contributed by atoms with Gasteiger partial charge in [-0.2, -0.15) is 4.31 Å². The van der Waals surface area contributed by atoms with Crippen LogP contribution >= 0.6 is 0 Å². The number of hydrogen-bond acceptors (Lipinski definition) is 4. The molecule has 0 radical (unpaired) electrons. The number of rotatable bonds is 8. The molecule has 1 amide bonds. The van der Waals surface area contributed by atoms with E-state index in [0.717, 1.165) is 18.4 Å². The van der Waals surface area contributed by atoms with E-state index in [1.807, 2.05) is 37.3 Å². The second-order valence-electron chi connectivity index (χ2n) is 7.24. The van der Waals surface area contributed by atoms with Crippen molar-refractivity contribution < 1.29 is 17.9 Å². The zero-order valence-electron chi connectivity index (χ0n) is 16.9. The van der Waals surface area contributed by atoms with Gasteiger partial charge in [0.1, 0.15) is 5.60 Å². The minimum Gasteiger partial charge on any atom is -0.372 e. The van der Waals surface area contributed by atoms with Crippen LogP contribution in [0.3, 0.4) is 0 Å². The maximum Gasteiger partial charge on any atom is 0.251 e. The summed E-state index contributed by atoms with van der Waals surface area (Å²) in [7, 11) is -1.84. The van der Waals surface area contributed by atoms with Crippen LogP contribution in [0, 0.1) is 0 Å². The van der Waals surface area contributed by atoms with E-state index >= 15 is 0 Å². The van der Waals surface area contributed by atoms with Gasteiger partial charge in [-0.3, -0.25) is 4.79 Å². The molecular formula is C22H28N2O4S. The van der Waals surface area contributed by atoms with Crippen LogP contribution in [0.1, 0.15) is 42.1 Å². The van der Waals surface area contributed by atoms with Crippen molar-refractivity contribution in [2.75, 3.05) is 26.7 Å². The number of nitrogens with one attached hydrogen (secondary N) is 1. The van der Waals surface area contributed by atoms with Gasteiger partial charge in [-0.05, 0) is 49.1 Å². The molecule has 0 aromatic heterocycles. The molecule has 6 nitrogen and oxygen atoms in total. The van der Waals surface area contributed by atoms with Crippen LogP contribution in [-0.2, 0) is 20.4 Å². The Morgan fingerprint density at radius 1 is 1.07 bits per heavy atom. The summed E-state index contributed by atoms with van der Waals surface area (Å²) in [5.74, 6) is -0.263. The van der Waals surface area contributed by atoms with Crippen molar-refractivity contribution in [2.24, 2.45) is 0 Å². The summed E-state index contributed by atoms with van der Waals surface area (Å²) >= 11 is 0. The topological polar surface area (TPSA) is 75.7 Å². The molecule has 0 saturated carbocycles. The molecule has 7 heteroatoms. The maximum absolute atomic E-state index is 12.6. The Labute approximate surface area is 172 Å². The summed E-state index contributed by atoms with van der Waals surface area (Å²) in [6.45, 7) is 3.44. The minimum atomic E-state index is -3.48. The van der Waals surface area contributed by atoms with E-state index in [1.54, 1.807) is 19.2 Å². The normalized spacial score (nSPS) is 17.0. The van der Waals surface area contributed by atoms with E-state index in [-0.39, 0.29) is 10.8 Å². The van der Waals surface area contributed by atoms with E-state index in [0.29, 0.717) is 31.6 Å². The number of ether oxygens (including phenoxy) is 1. The predicted molar refractivity (Wildman–Crippen MR) is 112 cm³/mol. The molecule has 0 spiro atoms. The molecule has 0 bridgehead atoms. The molecule has 2 aromatic carbocycles. The second kappa shape index (κ2) is 9.07. The maximum atomic E-state index is 12.6. The lowest BCUT2D eigenvalue weighted by Crippen LogP contribution is -2.42. The van der Waals surface area contributed by atoms with Crippen molar-refractivity contribution in [2.45, 2.75) is 36.7 Å². The first-order valence-corrected chi connectivity index (χ1v) is 11.4. The van der Waals surface area contributed by atoms with Crippen LogP contribution in [0.25, 0.3) is 0 Å². The molecule has 1 atom stereocenters. The van der Waals surface area contributed by atoms with Gasteiger partial charge in [-0.15, -0.1) is 0 Å². The molecule has 1 saturated heterocycles. The second-order valence-corrected chi connectivity index (χ2v) is 9.17. The van der Waals surface area contributed by atoms with Crippen molar-refractivity contribution in [1.29, 1.82) is 0 Å². The summed E-state index contributed by atoms with van der Waals surface area (Å²) in [6.07, 6.45) is 2.47. The number of benzene rings is 2. The van der Waals surface area contributed by atoms with Crippen molar-refractivity contribution in [3.8, 4) is 0 Å². The molecule has 1 fully saturated rings. The molecule has 1 aliphatic heterocycles. The van der Waals surface area contributed by atoms with Gasteiger partial charge in [0.2, 0.25) is 10.0 Å². The van der Waals surface area contributed by atoms with E-state index in [4.69, 9.17) is 4.74 Å². The van der Waals surface area contributed by atoms with Crippen LogP contribution in [0.5, 0.6) is 0 Å². The molecule has 29 heavy (non-hydrogen) atoms. The lowest BCUT2D eigenvalue weighted by atomic mass is 9.90. The number of sulfonamides is 1. The minimum absolute atomic E-state index is 0.222. The highest BCUT2D eigenvalue weighted by atomic mass is 32.2. The van der Waals surface area contributed by atoms with Crippen LogP contribution < -0.4 is 5.32 Å². The summed E-state index contributed by atoms with van der Waals surface area (Å²) < 4.78 is 32.5. The van der Waals surface area contributed by atoms with Gasteiger partial charge in [0.05, 0.1) is 11.4 Å². The Kier molecular flexibility index (Phi) is 6.72. The van der Waals surface area contributed by atoms with Gasteiger partial charge in [0, 0.05) is 25.8 Å². The zero-order chi connectivity index (χ0) is 20.9. The molecule has 2 aromatic rings. The first-order chi connectivity index (χ1) is 13.9. The van der Waals surface area contributed by atoms with Crippen molar-refractivity contribution in [3.63, 3.8) is 0 Å². The van der Waals surface area contributed by atoms with Crippen LogP contribution in [-0.4, -0.2) is 45.4 Å². The summed E-state index contributed by atoms with van der Waals surface area (Å²) in [5, 5.41) is 2.93. The summed E-state index contributed by atoms with van der Waals surface area (Å²) in [6, 6.07) is 15.9. The highest BCUT2D eigenvalue weighted by molar-refractivity contribution is 7.89. The average molecular weight is 417 g/mol. The molecule has 1 N–H and O–H groups in total. The Bertz CT molecular complexity index is 917. The van der Waals surface area contributed by atoms with Gasteiger partial charge in [-0.25, -0.2) is 8.42 Å². The van der Waals surface area contributed by atoms with Gasteiger partial charge < -0.3 is 10.1 Å². The monoisotopic (exact) mass is 416 g/mol. The SMILES string of the molecule is CCC(CNC(=O)c1ccc(S(=O)(=O)N2CCCC2)cc1)(OC)c1ccccc1. The first kappa shape index (κ1) is 21.5. The number of amides is 1. The van der Waals surface area contributed by atoms with Crippen molar-refractivity contribution in [3.05, 3.63) is 65.7 Å². The van der Waals surface area contributed by atoms with Gasteiger partial charge in [0.15, 0.2) is 0 Å². The number of nitrogens with zero attached hydrogens (tertiary/aromatic N) is 1. The third-order valence-electron chi connectivity index (χ3n) is 5.62. The molecule has 156 valence electrons. The van der Waals surface area contributed by atoms with E-state index in [1.165, 1.54) is 16.4 Å². The fourth-order valence-electron chi connectivity index (χ4n) is 3.69. The Balaban J connectivity index is 1.70. The molecule has 0 aliphatic carbocycles. The van der Waals surface area contributed by atoms with Crippen molar-refractivity contribution in [1.82, 2.24) is 9.62 Å². The molecule has 1 aliphatic rings. The fourth-order valence-corrected chi connectivity index (χ4v) is 5.21. The standard InChI is InChI=1S/C22H28N2O4S/c1-3-22(28-2,19-9-5-4-6-10-19)17-23-21(25)18-11-13-20(14-12-18)29(26,27)24-15-7-8-16-24/h4-6,9-14H,3,7-8,15-17H2,1-2H3,(H,23,25). The van der Waals surface area contributed by atoms with Gasteiger partial charge >= 0.3 is 0 Å². The Morgan fingerprint density at radius 2 is 1.69 bits per heavy atom. The smallest absolute Gasteiger partial charge is 0.251 e. The third-order valence-corrected chi connectivity index (χ3v) is 7.53. The van der Waals surface area contributed by atoms with Crippen LogP contribution in [0.15, 0.2) is 59.5 Å². The number of carbonyl (C=O) groups is 1. The Hall–Kier alpha value is -2.22. The lowest BCUT2D eigenvalue weighted by molar-refractivity contribution is -0.0164. The van der Waals surface area contributed by atoms with Crippen molar-refractivity contribution >= 4 is 15.9 Å². The van der Waals surface area contributed by atoms with E-state index < -0.39 is 15.6 Å². The zero-order valence-corrected chi connectivity index (χ0v) is 17.7. The van der Waals surface area contributed by atoms with Crippen LogP contribution in [0.2, 0.25) is 0 Å². The molecule has 1 heterocycles. The largest absolute Gasteiger partial charge is 0.372 e.